The Balaban J connectivity index is 1.98. The predicted molar refractivity (Wildman–Crippen MR) is 76.4 cm³/mol. The smallest absolute Gasteiger partial charge is 0.293 e. The highest BCUT2D eigenvalue weighted by Crippen LogP contribution is 2.28. The highest BCUT2D eigenvalue weighted by molar-refractivity contribution is 9.10. The van der Waals surface area contributed by atoms with Gasteiger partial charge in [0.2, 0.25) is 5.91 Å². The van der Waals surface area contributed by atoms with Crippen molar-refractivity contribution in [3.8, 4) is 0 Å². The lowest BCUT2D eigenvalue weighted by molar-refractivity contribution is -0.384. The van der Waals surface area contributed by atoms with E-state index in [2.05, 4.69) is 21.2 Å². The number of nitrogens with two attached hydrogens (primary N) is 1. The molecule has 0 aromatic heterocycles. The Hall–Kier alpha value is -1.67. The van der Waals surface area contributed by atoms with Crippen LogP contribution in [-0.2, 0) is 9.53 Å². The lowest BCUT2D eigenvalue weighted by Crippen LogP contribution is -2.30. The van der Waals surface area contributed by atoms with Crippen LogP contribution in [0, 0.1) is 10.1 Å². The molecule has 2 unspecified atom stereocenters. The first-order valence-electron chi connectivity index (χ1n) is 6.10. The maximum Gasteiger partial charge on any atom is 0.293 e. The van der Waals surface area contributed by atoms with Crippen molar-refractivity contribution in [2.24, 2.45) is 5.73 Å². The minimum Gasteiger partial charge on any atom is -0.377 e. The number of ether oxygens (including phenoxy) is 1. The summed E-state index contributed by atoms with van der Waals surface area (Å²) in [6.45, 7) is 0.395. The van der Waals surface area contributed by atoms with E-state index in [1.807, 2.05) is 0 Å². The quantitative estimate of drug-likeness (QED) is 0.626. The molecule has 0 saturated carbocycles. The minimum absolute atomic E-state index is 0.0103. The van der Waals surface area contributed by atoms with Crippen LogP contribution in [-0.4, -0.2) is 29.6 Å². The van der Waals surface area contributed by atoms with E-state index in [0.29, 0.717) is 29.5 Å². The molecule has 8 heteroatoms. The Morgan fingerprint density at radius 1 is 1.55 bits per heavy atom. The Labute approximate surface area is 123 Å². The first-order valence-corrected chi connectivity index (χ1v) is 6.89. The average molecular weight is 344 g/mol. The lowest BCUT2D eigenvalue weighted by atomic mass is 10.2. The topological polar surface area (TPSA) is 107 Å². The van der Waals surface area contributed by atoms with Gasteiger partial charge < -0.3 is 15.8 Å². The number of benzene rings is 1. The number of hydrogen-bond donors (Lipinski definition) is 2. The van der Waals surface area contributed by atoms with Crippen molar-refractivity contribution in [1.29, 1.82) is 0 Å². The second-order valence-electron chi connectivity index (χ2n) is 4.53. The first-order chi connectivity index (χ1) is 9.47. The first kappa shape index (κ1) is 14.7. The van der Waals surface area contributed by atoms with Gasteiger partial charge in [-0.25, -0.2) is 0 Å². The number of hydrogen-bond acceptors (Lipinski definition) is 5. The van der Waals surface area contributed by atoms with Gasteiger partial charge in [-0.1, -0.05) is 15.9 Å². The molecule has 0 aliphatic carbocycles. The highest BCUT2D eigenvalue weighted by atomic mass is 79.9. The van der Waals surface area contributed by atoms with Gasteiger partial charge in [0, 0.05) is 17.1 Å². The number of anilines is 1. The summed E-state index contributed by atoms with van der Waals surface area (Å²) in [6, 6.07) is 4.78. The van der Waals surface area contributed by atoms with E-state index in [9.17, 15) is 14.9 Å². The molecule has 108 valence electrons. The number of halogens is 1. The molecule has 2 rings (SSSR count). The number of carbonyl (C=O) groups excluding carboxylic acids is 1. The van der Waals surface area contributed by atoms with Crippen LogP contribution in [0.25, 0.3) is 0 Å². The zero-order valence-corrected chi connectivity index (χ0v) is 12.1. The largest absolute Gasteiger partial charge is 0.377 e. The maximum atomic E-state index is 11.0. The molecule has 1 aliphatic heterocycles. The van der Waals surface area contributed by atoms with Gasteiger partial charge in [-0.15, -0.1) is 0 Å². The van der Waals surface area contributed by atoms with Crippen molar-refractivity contribution in [2.75, 3.05) is 11.9 Å². The Morgan fingerprint density at radius 2 is 2.30 bits per heavy atom. The van der Waals surface area contributed by atoms with Crippen LogP contribution < -0.4 is 11.1 Å². The molecule has 1 heterocycles. The van der Waals surface area contributed by atoms with Crippen LogP contribution in [0.4, 0.5) is 11.4 Å². The summed E-state index contributed by atoms with van der Waals surface area (Å²) in [5.74, 6) is -0.470. The molecule has 1 saturated heterocycles. The van der Waals surface area contributed by atoms with Gasteiger partial charge in [0.15, 0.2) is 0 Å². The normalized spacial score (nSPS) is 21.6. The van der Waals surface area contributed by atoms with Crippen molar-refractivity contribution in [2.45, 2.75) is 25.0 Å². The third kappa shape index (κ3) is 3.45. The van der Waals surface area contributed by atoms with E-state index < -0.39 is 16.9 Å². The van der Waals surface area contributed by atoms with E-state index in [1.165, 1.54) is 6.07 Å². The third-order valence-electron chi connectivity index (χ3n) is 3.10. The van der Waals surface area contributed by atoms with Crippen LogP contribution in [0.2, 0.25) is 0 Å². The second kappa shape index (κ2) is 6.19. The number of nitro groups is 1. The number of carbonyl (C=O) groups is 1. The van der Waals surface area contributed by atoms with Crippen molar-refractivity contribution in [1.82, 2.24) is 0 Å². The Kier molecular flexibility index (Phi) is 4.56. The maximum absolute atomic E-state index is 11.0. The van der Waals surface area contributed by atoms with Crippen molar-refractivity contribution in [3.05, 3.63) is 32.8 Å². The fourth-order valence-corrected chi connectivity index (χ4v) is 2.44. The van der Waals surface area contributed by atoms with Crippen molar-refractivity contribution < 1.29 is 14.5 Å². The molecule has 7 nitrogen and oxygen atoms in total. The van der Waals surface area contributed by atoms with Crippen LogP contribution in [0.15, 0.2) is 22.7 Å². The molecule has 1 aliphatic rings. The Morgan fingerprint density at radius 3 is 2.90 bits per heavy atom. The molecule has 1 fully saturated rings. The molecular weight excluding hydrogens is 330 g/mol. The minimum atomic E-state index is -0.554. The van der Waals surface area contributed by atoms with Crippen LogP contribution in [0.5, 0.6) is 0 Å². The standard InChI is InChI=1S/C12H14BrN3O4/c13-7-1-3-9(10(5-7)16(18)19)15-6-8-2-4-11(20-8)12(14)17/h1,3,5,8,11,15H,2,4,6H2,(H2,14,17). The average Bonchev–Trinajstić information content (AvgIpc) is 2.86. The van der Waals surface area contributed by atoms with Crippen molar-refractivity contribution in [3.63, 3.8) is 0 Å². The SMILES string of the molecule is NC(=O)C1CCC(CNc2ccc(Br)cc2[N+](=O)[O-])O1. The Bertz CT molecular complexity index is 537. The van der Waals surface area contributed by atoms with Gasteiger partial charge in [0.1, 0.15) is 11.8 Å². The van der Waals surface area contributed by atoms with E-state index in [4.69, 9.17) is 10.5 Å². The van der Waals surface area contributed by atoms with Crippen LogP contribution in [0.3, 0.4) is 0 Å². The zero-order chi connectivity index (χ0) is 14.7. The molecular formula is C12H14BrN3O4. The molecule has 0 spiro atoms. The number of primary amides is 1. The van der Waals surface area contributed by atoms with E-state index in [0.717, 1.165) is 0 Å². The molecule has 1 aromatic rings. The summed E-state index contributed by atoms with van der Waals surface area (Å²) in [5, 5.41) is 13.9. The summed E-state index contributed by atoms with van der Waals surface area (Å²) in [4.78, 5) is 21.5. The summed E-state index contributed by atoms with van der Waals surface area (Å²) < 4.78 is 6.09. The summed E-state index contributed by atoms with van der Waals surface area (Å²) in [6.07, 6.45) is 0.562. The van der Waals surface area contributed by atoms with E-state index in [-0.39, 0.29) is 11.8 Å². The van der Waals surface area contributed by atoms with Gasteiger partial charge in [-0.05, 0) is 25.0 Å². The zero-order valence-electron chi connectivity index (χ0n) is 10.5. The predicted octanol–water partition coefficient (Wildman–Crippen LogP) is 1.80. The summed E-state index contributed by atoms with van der Waals surface area (Å²) in [5.41, 5.74) is 5.58. The fraction of sp³-hybridized carbons (Fsp3) is 0.417. The second-order valence-corrected chi connectivity index (χ2v) is 5.44. The molecule has 20 heavy (non-hydrogen) atoms. The molecule has 3 N–H and O–H groups in total. The van der Waals surface area contributed by atoms with Crippen molar-refractivity contribution >= 4 is 33.2 Å². The number of nitrogens with one attached hydrogen (secondary N) is 1. The van der Waals surface area contributed by atoms with Crippen LogP contribution >= 0.6 is 15.9 Å². The molecule has 1 amide bonds. The highest BCUT2D eigenvalue weighted by Gasteiger charge is 2.29. The van der Waals surface area contributed by atoms with Crippen LogP contribution in [0.1, 0.15) is 12.8 Å². The number of nitro benzene ring substituents is 1. The van der Waals surface area contributed by atoms with Gasteiger partial charge in [0.05, 0.1) is 11.0 Å². The van der Waals surface area contributed by atoms with Gasteiger partial charge in [-0.2, -0.15) is 0 Å². The number of amides is 1. The van der Waals surface area contributed by atoms with Gasteiger partial charge in [0.25, 0.3) is 5.69 Å². The lowest BCUT2D eigenvalue weighted by Gasteiger charge is -2.13. The molecule has 1 aromatic carbocycles. The number of nitrogens with zero attached hydrogens (tertiary/aromatic N) is 1. The summed E-state index contributed by atoms with van der Waals surface area (Å²) in [7, 11) is 0. The molecule has 0 radical (unpaired) electrons. The van der Waals surface area contributed by atoms with Gasteiger partial charge >= 0.3 is 0 Å². The fourth-order valence-electron chi connectivity index (χ4n) is 2.09. The third-order valence-corrected chi connectivity index (χ3v) is 3.59. The van der Waals surface area contributed by atoms with E-state index in [1.54, 1.807) is 12.1 Å². The monoisotopic (exact) mass is 343 g/mol. The summed E-state index contributed by atoms with van der Waals surface area (Å²) >= 11 is 3.20. The number of rotatable bonds is 5. The van der Waals surface area contributed by atoms with E-state index >= 15 is 0 Å². The van der Waals surface area contributed by atoms with Gasteiger partial charge in [-0.3, -0.25) is 14.9 Å². The molecule has 0 bridgehead atoms. The molecule has 2 atom stereocenters.